The molecule has 4 aromatic rings. The average Bonchev–Trinajstić information content (AvgIpc) is 3.51. The van der Waals surface area contributed by atoms with Crippen LogP contribution in [0.2, 0.25) is 0 Å². The third-order valence-corrected chi connectivity index (χ3v) is 7.97. The molecule has 9 heteroatoms. The van der Waals surface area contributed by atoms with E-state index >= 15 is 0 Å². The number of para-hydroxylation sites is 1. The predicted octanol–water partition coefficient (Wildman–Crippen LogP) is 5.36. The van der Waals surface area contributed by atoms with Crippen LogP contribution in [0.5, 0.6) is 0 Å². The van der Waals surface area contributed by atoms with Gasteiger partial charge in [0.05, 0.1) is 40.4 Å². The first kappa shape index (κ1) is 23.2. The molecule has 0 spiro atoms. The topological polar surface area (TPSA) is 88.6 Å². The number of pyridine rings is 1. The summed E-state index contributed by atoms with van der Waals surface area (Å²) in [7, 11) is 0. The largest absolute Gasteiger partial charge is 0.462 e. The highest BCUT2D eigenvalue weighted by molar-refractivity contribution is 7.17. The van der Waals surface area contributed by atoms with E-state index in [0.29, 0.717) is 35.6 Å². The van der Waals surface area contributed by atoms with Crippen molar-refractivity contribution in [1.29, 1.82) is 0 Å². The van der Waals surface area contributed by atoms with Crippen molar-refractivity contribution in [2.75, 3.05) is 18.5 Å². The molecule has 1 aromatic carbocycles. The van der Waals surface area contributed by atoms with Crippen LogP contribution in [-0.2, 0) is 22.5 Å². The van der Waals surface area contributed by atoms with E-state index < -0.39 is 5.97 Å². The fourth-order valence-electron chi connectivity index (χ4n) is 4.26. The quantitative estimate of drug-likeness (QED) is 0.369. The Morgan fingerprint density at radius 1 is 1.17 bits per heavy atom. The second-order valence-electron chi connectivity index (χ2n) is 8.12. The number of fused-ring (bicyclic) bond motifs is 2. The van der Waals surface area contributed by atoms with Gasteiger partial charge in [0.1, 0.15) is 5.00 Å². The zero-order chi connectivity index (χ0) is 24.5. The highest BCUT2D eigenvalue weighted by Crippen LogP contribution is 2.38. The average molecular weight is 506 g/mol. The first-order valence-electron chi connectivity index (χ1n) is 11.3. The second kappa shape index (κ2) is 9.59. The van der Waals surface area contributed by atoms with Crippen molar-refractivity contribution in [3.63, 3.8) is 0 Å². The maximum atomic E-state index is 13.6. The molecular weight excluding hydrogens is 482 g/mol. The van der Waals surface area contributed by atoms with Gasteiger partial charge in [-0.3, -0.25) is 9.59 Å². The van der Waals surface area contributed by atoms with E-state index in [1.807, 2.05) is 41.8 Å². The van der Waals surface area contributed by atoms with Gasteiger partial charge in [-0.25, -0.2) is 9.78 Å². The molecule has 7 nitrogen and oxygen atoms in total. The van der Waals surface area contributed by atoms with Gasteiger partial charge in [-0.15, -0.1) is 22.7 Å². The lowest BCUT2D eigenvalue weighted by molar-refractivity contribution is -0.129. The molecule has 178 valence electrons. The molecule has 1 aliphatic rings. The van der Waals surface area contributed by atoms with Crippen LogP contribution in [0, 0.1) is 0 Å². The summed E-state index contributed by atoms with van der Waals surface area (Å²) >= 11 is 2.88. The van der Waals surface area contributed by atoms with Crippen molar-refractivity contribution in [2.45, 2.75) is 26.8 Å². The number of carbonyl (C=O) groups excluding carboxylic acids is 3. The van der Waals surface area contributed by atoms with E-state index in [-0.39, 0.29) is 18.4 Å². The van der Waals surface area contributed by atoms with Crippen molar-refractivity contribution in [3.05, 3.63) is 69.4 Å². The Labute approximate surface area is 210 Å². The number of esters is 1. The number of aromatic nitrogens is 1. The molecule has 2 amide bonds. The van der Waals surface area contributed by atoms with E-state index in [1.54, 1.807) is 29.2 Å². The van der Waals surface area contributed by atoms with Gasteiger partial charge < -0.3 is 15.0 Å². The van der Waals surface area contributed by atoms with Crippen LogP contribution >= 0.6 is 22.7 Å². The molecule has 4 heterocycles. The van der Waals surface area contributed by atoms with Gasteiger partial charge in [0.15, 0.2) is 0 Å². The number of benzene rings is 1. The molecule has 0 aliphatic carbocycles. The summed E-state index contributed by atoms with van der Waals surface area (Å²) in [6.45, 7) is 4.46. The molecule has 0 radical (unpaired) electrons. The Balaban J connectivity index is 1.56. The van der Waals surface area contributed by atoms with Crippen LogP contribution in [0.25, 0.3) is 21.5 Å². The SMILES string of the molecule is CCOC(=O)c1c(NC(=O)c2cc(-c3cccs3)nc3ccccc23)sc2c1CCN(C(C)=O)C2. The lowest BCUT2D eigenvalue weighted by Crippen LogP contribution is -2.34. The molecular formula is C26H23N3O4S2. The maximum Gasteiger partial charge on any atom is 0.341 e. The summed E-state index contributed by atoms with van der Waals surface area (Å²) in [6, 6.07) is 13.2. The van der Waals surface area contributed by atoms with Gasteiger partial charge in [0, 0.05) is 23.7 Å². The van der Waals surface area contributed by atoms with Gasteiger partial charge >= 0.3 is 5.97 Å². The lowest BCUT2D eigenvalue weighted by Gasteiger charge is -2.25. The highest BCUT2D eigenvalue weighted by Gasteiger charge is 2.30. The Hall–Kier alpha value is -3.56. The molecule has 1 aliphatic heterocycles. The number of anilines is 1. The molecule has 5 rings (SSSR count). The van der Waals surface area contributed by atoms with Gasteiger partial charge in [0.25, 0.3) is 5.91 Å². The minimum Gasteiger partial charge on any atom is -0.462 e. The smallest absolute Gasteiger partial charge is 0.341 e. The summed E-state index contributed by atoms with van der Waals surface area (Å²) < 4.78 is 5.32. The number of rotatable bonds is 5. The molecule has 0 fully saturated rings. The van der Waals surface area contributed by atoms with Crippen LogP contribution in [-0.4, -0.2) is 40.8 Å². The molecule has 0 atom stereocenters. The van der Waals surface area contributed by atoms with Crippen molar-refractivity contribution >= 4 is 56.4 Å². The third-order valence-electron chi connectivity index (χ3n) is 5.94. The number of carbonyl (C=O) groups is 3. The maximum absolute atomic E-state index is 13.6. The number of thiophene rings is 2. The van der Waals surface area contributed by atoms with Crippen molar-refractivity contribution in [3.8, 4) is 10.6 Å². The number of hydrogen-bond donors (Lipinski definition) is 1. The molecule has 0 bridgehead atoms. The van der Waals surface area contributed by atoms with Crippen LogP contribution < -0.4 is 5.32 Å². The Kier molecular flexibility index (Phi) is 6.36. The van der Waals surface area contributed by atoms with E-state index in [0.717, 1.165) is 31.9 Å². The zero-order valence-corrected chi connectivity index (χ0v) is 20.9. The van der Waals surface area contributed by atoms with Gasteiger partial charge in [-0.2, -0.15) is 0 Å². The fourth-order valence-corrected chi connectivity index (χ4v) is 6.20. The van der Waals surface area contributed by atoms with Crippen molar-refractivity contribution in [2.24, 2.45) is 0 Å². The summed E-state index contributed by atoms with van der Waals surface area (Å²) in [5.41, 5.74) is 3.15. The van der Waals surface area contributed by atoms with Gasteiger partial charge in [-0.05, 0) is 42.5 Å². The Morgan fingerprint density at radius 3 is 2.74 bits per heavy atom. The normalized spacial score (nSPS) is 12.9. The van der Waals surface area contributed by atoms with Crippen LogP contribution in [0.1, 0.15) is 45.0 Å². The predicted molar refractivity (Wildman–Crippen MR) is 138 cm³/mol. The standard InChI is InChI=1S/C26H23N3O4S2/c1-3-33-26(32)23-17-10-11-29(15(2)30)14-22(17)35-25(23)28-24(31)18-13-20(21-9-6-12-34-21)27-19-8-5-4-7-16(18)19/h4-9,12-13H,3,10-11,14H2,1-2H3,(H,28,31). The highest BCUT2D eigenvalue weighted by atomic mass is 32.1. The van der Waals surface area contributed by atoms with Crippen molar-refractivity contribution in [1.82, 2.24) is 9.88 Å². The molecule has 0 saturated carbocycles. The lowest BCUT2D eigenvalue weighted by atomic mass is 10.0. The van der Waals surface area contributed by atoms with E-state index in [9.17, 15) is 14.4 Å². The number of hydrogen-bond acceptors (Lipinski definition) is 7. The van der Waals surface area contributed by atoms with E-state index in [2.05, 4.69) is 5.32 Å². The minimum atomic E-state index is -0.463. The summed E-state index contributed by atoms with van der Waals surface area (Å²) in [5.74, 6) is -0.805. The number of nitrogens with zero attached hydrogens (tertiary/aromatic N) is 2. The van der Waals surface area contributed by atoms with Crippen molar-refractivity contribution < 1.29 is 19.1 Å². The molecule has 0 unspecified atom stereocenters. The van der Waals surface area contributed by atoms with Gasteiger partial charge in [0.2, 0.25) is 5.91 Å². The minimum absolute atomic E-state index is 0.0170. The van der Waals surface area contributed by atoms with Crippen LogP contribution in [0.4, 0.5) is 5.00 Å². The molecule has 0 saturated heterocycles. The molecule has 1 N–H and O–H groups in total. The first-order chi connectivity index (χ1) is 17.0. The number of amides is 2. The molecule has 35 heavy (non-hydrogen) atoms. The summed E-state index contributed by atoms with van der Waals surface area (Å²) in [6.07, 6.45) is 0.538. The fraction of sp³-hybridized carbons (Fsp3) is 0.231. The summed E-state index contributed by atoms with van der Waals surface area (Å²) in [5, 5.41) is 6.13. The Morgan fingerprint density at radius 2 is 2.00 bits per heavy atom. The first-order valence-corrected chi connectivity index (χ1v) is 13.0. The third kappa shape index (κ3) is 4.44. The van der Waals surface area contributed by atoms with Crippen LogP contribution in [0.3, 0.4) is 0 Å². The molecule has 3 aromatic heterocycles. The second-order valence-corrected chi connectivity index (χ2v) is 10.2. The van der Waals surface area contributed by atoms with Crippen LogP contribution in [0.15, 0.2) is 47.8 Å². The summed E-state index contributed by atoms with van der Waals surface area (Å²) in [4.78, 5) is 46.8. The van der Waals surface area contributed by atoms with Gasteiger partial charge in [-0.1, -0.05) is 24.3 Å². The monoisotopic (exact) mass is 505 g/mol. The number of ether oxygens (including phenoxy) is 1. The van der Waals surface area contributed by atoms with E-state index in [4.69, 9.17) is 9.72 Å². The Bertz CT molecular complexity index is 1440. The zero-order valence-electron chi connectivity index (χ0n) is 19.3. The van der Waals surface area contributed by atoms with E-state index in [1.165, 1.54) is 18.3 Å². The number of nitrogens with one attached hydrogen (secondary N) is 1.